The summed E-state index contributed by atoms with van der Waals surface area (Å²) >= 11 is 0. The lowest BCUT2D eigenvalue weighted by molar-refractivity contribution is 0.0916. The SMILES string of the molecule is CCCC1CN(CCCCCCO)C1. The van der Waals surface area contributed by atoms with Crippen LogP contribution in [0.25, 0.3) is 0 Å². The molecule has 84 valence electrons. The lowest BCUT2D eigenvalue weighted by Gasteiger charge is -2.39. The zero-order valence-electron chi connectivity index (χ0n) is 9.54. The highest BCUT2D eigenvalue weighted by Crippen LogP contribution is 2.20. The predicted octanol–water partition coefficient (Wildman–Crippen LogP) is 2.27. The van der Waals surface area contributed by atoms with Crippen molar-refractivity contribution >= 4 is 0 Å². The molecule has 0 amide bonds. The summed E-state index contributed by atoms with van der Waals surface area (Å²) in [5, 5.41) is 8.62. The van der Waals surface area contributed by atoms with Gasteiger partial charge >= 0.3 is 0 Å². The number of hydrogen-bond donors (Lipinski definition) is 1. The maximum absolute atomic E-state index is 8.62. The Morgan fingerprint density at radius 2 is 1.86 bits per heavy atom. The van der Waals surface area contributed by atoms with Gasteiger partial charge in [-0.05, 0) is 31.7 Å². The number of nitrogens with zero attached hydrogens (tertiary/aromatic N) is 1. The second-order valence-corrected chi connectivity index (χ2v) is 4.55. The van der Waals surface area contributed by atoms with Gasteiger partial charge in [-0.1, -0.05) is 26.2 Å². The average Bonchev–Trinajstić information content (AvgIpc) is 2.13. The highest BCUT2D eigenvalue weighted by molar-refractivity contribution is 4.78. The Balaban J connectivity index is 1.81. The van der Waals surface area contributed by atoms with E-state index in [9.17, 15) is 0 Å². The number of rotatable bonds is 8. The third kappa shape index (κ3) is 4.43. The van der Waals surface area contributed by atoms with Gasteiger partial charge in [0, 0.05) is 19.7 Å². The third-order valence-electron chi connectivity index (χ3n) is 3.11. The topological polar surface area (TPSA) is 23.5 Å². The highest BCUT2D eigenvalue weighted by atomic mass is 16.2. The van der Waals surface area contributed by atoms with E-state index in [-0.39, 0.29) is 0 Å². The molecule has 2 heteroatoms. The molecule has 0 atom stereocenters. The van der Waals surface area contributed by atoms with Gasteiger partial charge in [0.2, 0.25) is 0 Å². The quantitative estimate of drug-likeness (QED) is 0.606. The third-order valence-corrected chi connectivity index (χ3v) is 3.11. The van der Waals surface area contributed by atoms with E-state index in [1.807, 2.05) is 0 Å². The van der Waals surface area contributed by atoms with Gasteiger partial charge in [-0.2, -0.15) is 0 Å². The molecule has 1 N–H and O–H groups in total. The van der Waals surface area contributed by atoms with Crippen LogP contribution < -0.4 is 0 Å². The fourth-order valence-corrected chi connectivity index (χ4v) is 2.25. The van der Waals surface area contributed by atoms with Crippen LogP contribution in [0.2, 0.25) is 0 Å². The Labute approximate surface area is 88.3 Å². The summed E-state index contributed by atoms with van der Waals surface area (Å²) in [6, 6.07) is 0. The van der Waals surface area contributed by atoms with Gasteiger partial charge in [0.25, 0.3) is 0 Å². The zero-order chi connectivity index (χ0) is 10.2. The van der Waals surface area contributed by atoms with Crippen molar-refractivity contribution < 1.29 is 5.11 Å². The zero-order valence-corrected chi connectivity index (χ0v) is 9.54. The molecule has 0 saturated carbocycles. The first-order valence-corrected chi connectivity index (χ1v) is 6.20. The smallest absolute Gasteiger partial charge is 0.0431 e. The minimum Gasteiger partial charge on any atom is -0.396 e. The monoisotopic (exact) mass is 199 g/mol. The van der Waals surface area contributed by atoms with Crippen LogP contribution in [-0.2, 0) is 0 Å². The molecule has 1 aliphatic rings. The van der Waals surface area contributed by atoms with Gasteiger partial charge in [-0.15, -0.1) is 0 Å². The maximum atomic E-state index is 8.62. The predicted molar refractivity (Wildman–Crippen MR) is 60.4 cm³/mol. The van der Waals surface area contributed by atoms with E-state index in [4.69, 9.17) is 5.11 Å². The fraction of sp³-hybridized carbons (Fsp3) is 1.00. The van der Waals surface area contributed by atoms with Crippen molar-refractivity contribution in [1.29, 1.82) is 0 Å². The standard InChI is InChI=1S/C12H25NO/c1-2-7-12-10-13(11-12)8-5-3-4-6-9-14/h12,14H,2-11H2,1H3. The van der Waals surface area contributed by atoms with E-state index in [0.717, 1.165) is 12.3 Å². The average molecular weight is 199 g/mol. The van der Waals surface area contributed by atoms with Crippen molar-refractivity contribution in [3.63, 3.8) is 0 Å². The van der Waals surface area contributed by atoms with Crippen LogP contribution in [0.3, 0.4) is 0 Å². The molecule has 14 heavy (non-hydrogen) atoms. The normalized spacial score (nSPS) is 18.4. The minimum atomic E-state index is 0.363. The molecule has 1 aliphatic heterocycles. The van der Waals surface area contributed by atoms with Crippen molar-refractivity contribution in [3.8, 4) is 0 Å². The Morgan fingerprint density at radius 3 is 2.50 bits per heavy atom. The largest absolute Gasteiger partial charge is 0.396 e. The molecule has 2 nitrogen and oxygen atoms in total. The molecular formula is C12H25NO. The summed E-state index contributed by atoms with van der Waals surface area (Å²) in [5.41, 5.74) is 0. The number of likely N-dealkylation sites (tertiary alicyclic amines) is 1. The Hall–Kier alpha value is -0.0800. The molecule has 1 fully saturated rings. The molecule has 0 aromatic heterocycles. The summed E-state index contributed by atoms with van der Waals surface area (Å²) < 4.78 is 0. The number of aliphatic hydroxyl groups is 1. The number of unbranched alkanes of at least 4 members (excludes halogenated alkanes) is 3. The fourth-order valence-electron chi connectivity index (χ4n) is 2.25. The van der Waals surface area contributed by atoms with E-state index in [1.165, 1.54) is 51.7 Å². The molecule has 0 aromatic rings. The van der Waals surface area contributed by atoms with Crippen molar-refractivity contribution in [1.82, 2.24) is 4.90 Å². The maximum Gasteiger partial charge on any atom is 0.0431 e. The van der Waals surface area contributed by atoms with Crippen molar-refractivity contribution in [3.05, 3.63) is 0 Å². The van der Waals surface area contributed by atoms with Gasteiger partial charge in [0.1, 0.15) is 0 Å². The Kier molecular flexibility index (Phi) is 6.20. The molecule has 0 aliphatic carbocycles. The molecule has 0 aromatic carbocycles. The Morgan fingerprint density at radius 1 is 1.14 bits per heavy atom. The number of hydrogen-bond acceptors (Lipinski definition) is 2. The van der Waals surface area contributed by atoms with Gasteiger partial charge in [0.15, 0.2) is 0 Å². The van der Waals surface area contributed by atoms with Crippen LogP contribution in [0.1, 0.15) is 45.4 Å². The first-order chi connectivity index (χ1) is 6.86. The van der Waals surface area contributed by atoms with Gasteiger partial charge in [0.05, 0.1) is 0 Å². The van der Waals surface area contributed by atoms with Crippen molar-refractivity contribution in [2.75, 3.05) is 26.2 Å². The van der Waals surface area contributed by atoms with Crippen molar-refractivity contribution in [2.45, 2.75) is 45.4 Å². The van der Waals surface area contributed by atoms with Crippen LogP contribution in [-0.4, -0.2) is 36.2 Å². The first kappa shape index (κ1) is 12.0. The van der Waals surface area contributed by atoms with E-state index in [1.54, 1.807) is 0 Å². The first-order valence-electron chi connectivity index (χ1n) is 6.20. The molecule has 0 spiro atoms. The lowest BCUT2D eigenvalue weighted by Crippen LogP contribution is -2.46. The molecule has 0 unspecified atom stereocenters. The molecule has 1 saturated heterocycles. The summed E-state index contributed by atoms with van der Waals surface area (Å²) in [5.74, 6) is 0.998. The Bertz CT molecular complexity index is 132. The van der Waals surface area contributed by atoms with E-state index >= 15 is 0 Å². The number of aliphatic hydroxyl groups excluding tert-OH is 1. The van der Waals surface area contributed by atoms with Crippen LogP contribution in [0.15, 0.2) is 0 Å². The van der Waals surface area contributed by atoms with E-state index < -0.39 is 0 Å². The lowest BCUT2D eigenvalue weighted by atomic mass is 9.95. The van der Waals surface area contributed by atoms with Crippen LogP contribution >= 0.6 is 0 Å². The minimum absolute atomic E-state index is 0.363. The van der Waals surface area contributed by atoms with Crippen LogP contribution in [0, 0.1) is 5.92 Å². The second-order valence-electron chi connectivity index (χ2n) is 4.55. The summed E-state index contributed by atoms with van der Waals surface area (Å²) in [7, 11) is 0. The van der Waals surface area contributed by atoms with Crippen molar-refractivity contribution in [2.24, 2.45) is 5.92 Å². The molecule has 0 bridgehead atoms. The van der Waals surface area contributed by atoms with Gasteiger partial charge in [-0.25, -0.2) is 0 Å². The molecule has 1 heterocycles. The highest BCUT2D eigenvalue weighted by Gasteiger charge is 2.24. The molecular weight excluding hydrogens is 174 g/mol. The molecule has 0 radical (unpaired) electrons. The van der Waals surface area contributed by atoms with E-state index in [0.29, 0.717) is 6.61 Å². The van der Waals surface area contributed by atoms with Gasteiger partial charge < -0.3 is 10.0 Å². The summed E-state index contributed by atoms with van der Waals surface area (Å²) in [6.45, 7) is 6.60. The van der Waals surface area contributed by atoms with E-state index in [2.05, 4.69) is 11.8 Å². The van der Waals surface area contributed by atoms with Crippen LogP contribution in [0.4, 0.5) is 0 Å². The summed E-state index contributed by atoms with van der Waals surface area (Å²) in [6.07, 6.45) is 7.55. The summed E-state index contributed by atoms with van der Waals surface area (Å²) in [4.78, 5) is 2.57. The molecule has 1 rings (SSSR count). The second kappa shape index (κ2) is 7.24. The van der Waals surface area contributed by atoms with Gasteiger partial charge in [-0.3, -0.25) is 0 Å². The van der Waals surface area contributed by atoms with Crippen LogP contribution in [0.5, 0.6) is 0 Å².